The maximum absolute atomic E-state index is 10.4. The molecular weight excluding hydrogens is 166 g/mol. The van der Waals surface area contributed by atoms with Gasteiger partial charge in [0.2, 0.25) is 0 Å². The third-order valence-corrected chi connectivity index (χ3v) is 2.02. The van der Waals surface area contributed by atoms with Crippen LogP contribution >= 0.6 is 0 Å². The number of hydrogen-bond acceptors (Lipinski definition) is 2. The second-order valence-corrected chi connectivity index (χ2v) is 3.44. The first kappa shape index (κ1) is 12.2. The van der Waals surface area contributed by atoms with Crippen molar-refractivity contribution in [1.82, 2.24) is 0 Å². The Bertz CT molecular complexity index is 178. The van der Waals surface area contributed by atoms with E-state index in [2.05, 4.69) is 13.0 Å². The molecule has 0 unspecified atom stereocenters. The second kappa shape index (κ2) is 6.66. The maximum Gasteiger partial charge on any atom is 0.303 e. The van der Waals surface area contributed by atoms with Gasteiger partial charge in [-0.1, -0.05) is 19.1 Å². The molecule has 0 aliphatic rings. The monoisotopic (exact) mass is 185 g/mol. The third kappa shape index (κ3) is 6.34. The van der Waals surface area contributed by atoms with Gasteiger partial charge >= 0.3 is 5.97 Å². The lowest BCUT2D eigenvalue weighted by atomic mass is 9.93. The number of allylic oxidation sites excluding steroid dienone is 2. The van der Waals surface area contributed by atoms with Gasteiger partial charge in [-0.2, -0.15) is 0 Å². The van der Waals surface area contributed by atoms with Gasteiger partial charge in [0.1, 0.15) is 0 Å². The van der Waals surface area contributed by atoms with E-state index in [1.807, 2.05) is 13.0 Å². The number of aliphatic carboxylic acids is 1. The normalized spacial score (nSPS) is 15.9. The minimum Gasteiger partial charge on any atom is -0.481 e. The first-order valence-corrected chi connectivity index (χ1v) is 4.64. The molecule has 2 atom stereocenters. The van der Waals surface area contributed by atoms with E-state index in [4.69, 9.17) is 10.8 Å². The lowest BCUT2D eigenvalue weighted by Crippen LogP contribution is -2.19. The highest BCUT2D eigenvalue weighted by Gasteiger charge is 2.13. The van der Waals surface area contributed by atoms with Gasteiger partial charge in [-0.25, -0.2) is 0 Å². The van der Waals surface area contributed by atoms with Crippen LogP contribution in [0.4, 0.5) is 0 Å². The Balaban J connectivity index is 3.89. The molecule has 0 rings (SSSR count). The Morgan fingerprint density at radius 3 is 2.62 bits per heavy atom. The van der Waals surface area contributed by atoms with Crippen LogP contribution in [0, 0.1) is 11.8 Å². The topological polar surface area (TPSA) is 63.3 Å². The van der Waals surface area contributed by atoms with Crippen LogP contribution in [-0.2, 0) is 4.79 Å². The molecule has 0 aliphatic heterocycles. The van der Waals surface area contributed by atoms with Crippen LogP contribution in [-0.4, -0.2) is 17.6 Å². The molecule has 0 bridgehead atoms. The van der Waals surface area contributed by atoms with Crippen LogP contribution < -0.4 is 5.73 Å². The Morgan fingerprint density at radius 1 is 1.62 bits per heavy atom. The average Bonchev–Trinajstić information content (AvgIpc) is 2.02. The second-order valence-electron chi connectivity index (χ2n) is 3.44. The molecule has 0 aromatic heterocycles. The molecule has 0 amide bonds. The van der Waals surface area contributed by atoms with E-state index in [0.717, 1.165) is 6.42 Å². The highest BCUT2D eigenvalue weighted by molar-refractivity contribution is 5.67. The molecule has 0 aromatic rings. The number of hydrogen-bond donors (Lipinski definition) is 2. The average molecular weight is 185 g/mol. The summed E-state index contributed by atoms with van der Waals surface area (Å²) in [5.74, 6) is -0.246. The SMILES string of the molecule is C/C=C\[C@H](C)C[C@H](CN)CC(=O)O. The number of carbonyl (C=O) groups is 1. The molecule has 0 spiro atoms. The third-order valence-electron chi connectivity index (χ3n) is 2.02. The zero-order valence-corrected chi connectivity index (χ0v) is 8.36. The molecule has 0 fully saturated rings. The van der Waals surface area contributed by atoms with Gasteiger partial charge in [-0.3, -0.25) is 4.79 Å². The van der Waals surface area contributed by atoms with Crippen LogP contribution in [0.15, 0.2) is 12.2 Å². The zero-order valence-electron chi connectivity index (χ0n) is 8.36. The fourth-order valence-corrected chi connectivity index (χ4v) is 1.44. The minimum absolute atomic E-state index is 0.101. The van der Waals surface area contributed by atoms with E-state index in [9.17, 15) is 4.79 Å². The maximum atomic E-state index is 10.4. The van der Waals surface area contributed by atoms with Crippen LogP contribution in [0.2, 0.25) is 0 Å². The van der Waals surface area contributed by atoms with Crippen molar-refractivity contribution < 1.29 is 9.90 Å². The molecule has 3 N–H and O–H groups in total. The molecule has 3 heteroatoms. The van der Waals surface area contributed by atoms with Gasteiger partial charge in [-0.15, -0.1) is 0 Å². The summed E-state index contributed by atoms with van der Waals surface area (Å²) in [7, 11) is 0. The first-order valence-electron chi connectivity index (χ1n) is 4.64. The zero-order chi connectivity index (χ0) is 10.3. The molecule has 0 saturated heterocycles. The largest absolute Gasteiger partial charge is 0.481 e. The molecule has 0 aliphatic carbocycles. The molecule has 0 aromatic carbocycles. The molecule has 0 saturated carbocycles. The minimum atomic E-state index is -0.761. The van der Waals surface area contributed by atoms with Crippen molar-refractivity contribution in [2.75, 3.05) is 6.54 Å². The van der Waals surface area contributed by atoms with Gasteiger partial charge in [0.25, 0.3) is 0 Å². The quantitative estimate of drug-likeness (QED) is 0.618. The molecular formula is C10H19NO2. The van der Waals surface area contributed by atoms with Gasteiger partial charge in [0, 0.05) is 6.42 Å². The summed E-state index contributed by atoms with van der Waals surface area (Å²) in [5, 5.41) is 8.58. The molecule has 0 heterocycles. The molecule has 0 radical (unpaired) electrons. The van der Waals surface area contributed by atoms with Gasteiger partial charge in [0.15, 0.2) is 0 Å². The van der Waals surface area contributed by atoms with E-state index >= 15 is 0 Å². The van der Waals surface area contributed by atoms with Crippen molar-refractivity contribution in [3.63, 3.8) is 0 Å². The summed E-state index contributed by atoms with van der Waals surface area (Å²) in [6, 6.07) is 0. The number of carboxylic acids is 1. The van der Waals surface area contributed by atoms with E-state index in [-0.39, 0.29) is 12.3 Å². The van der Waals surface area contributed by atoms with Crippen LogP contribution in [0.3, 0.4) is 0 Å². The lowest BCUT2D eigenvalue weighted by Gasteiger charge is -2.14. The van der Waals surface area contributed by atoms with Crippen molar-refractivity contribution in [3.8, 4) is 0 Å². The van der Waals surface area contributed by atoms with Crippen LogP contribution in [0.1, 0.15) is 26.7 Å². The van der Waals surface area contributed by atoms with Crippen molar-refractivity contribution in [1.29, 1.82) is 0 Å². The lowest BCUT2D eigenvalue weighted by molar-refractivity contribution is -0.138. The summed E-state index contributed by atoms with van der Waals surface area (Å²) in [6.45, 7) is 4.49. The summed E-state index contributed by atoms with van der Waals surface area (Å²) in [4.78, 5) is 10.4. The smallest absolute Gasteiger partial charge is 0.303 e. The fourth-order valence-electron chi connectivity index (χ4n) is 1.44. The highest BCUT2D eigenvalue weighted by atomic mass is 16.4. The van der Waals surface area contributed by atoms with Crippen molar-refractivity contribution in [3.05, 3.63) is 12.2 Å². The van der Waals surface area contributed by atoms with E-state index in [0.29, 0.717) is 12.5 Å². The molecule has 3 nitrogen and oxygen atoms in total. The van der Waals surface area contributed by atoms with Crippen LogP contribution in [0.5, 0.6) is 0 Å². The van der Waals surface area contributed by atoms with Crippen molar-refractivity contribution in [2.45, 2.75) is 26.7 Å². The first-order chi connectivity index (χ1) is 6.10. The van der Waals surface area contributed by atoms with Gasteiger partial charge < -0.3 is 10.8 Å². The Labute approximate surface area is 79.6 Å². The Kier molecular flexibility index (Phi) is 6.24. The number of carboxylic acid groups (broad SMARTS) is 1. The standard InChI is InChI=1S/C10H19NO2/c1-3-4-8(2)5-9(7-11)6-10(12)13/h3-4,8-9H,5-7,11H2,1-2H3,(H,12,13)/b4-3-/t8-,9-/m0/s1. The predicted molar refractivity (Wildman–Crippen MR) is 53.4 cm³/mol. The highest BCUT2D eigenvalue weighted by Crippen LogP contribution is 2.15. The number of rotatable bonds is 6. The molecule has 76 valence electrons. The van der Waals surface area contributed by atoms with Crippen LogP contribution in [0.25, 0.3) is 0 Å². The van der Waals surface area contributed by atoms with E-state index in [1.54, 1.807) is 0 Å². The summed E-state index contributed by atoms with van der Waals surface area (Å²) in [5.41, 5.74) is 5.48. The predicted octanol–water partition coefficient (Wildman–Crippen LogP) is 1.64. The molecule has 13 heavy (non-hydrogen) atoms. The fraction of sp³-hybridized carbons (Fsp3) is 0.700. The summed E-state index contributed by atoms with van der Waals surface area (Å²) < 4.78 is 0. The van der Waals surface area contributed by atoms with Gasteiger partial charge in [-0.05, 0) is 31.7 Å². The summed E-state index contributed by atoms with van der Waals surface area (Å²) in [6.07, 6.45) is 5.09. The Morgan fingerprint density at radius 2 is 2.23 bits per heavy atom. The van der Waals surface area contributed by atoms with Crippen molar-refractivity contribution in [2.24, 2.45) is 17.6 Å². The Hall–Kier alpha value is -0.830. The number of nitrogens with two attached hydrogens (primary N) is 1. The summed E-state index contributed by atoms with van der Waals surface area (Å²) >= 11 is 0. The van der Waals surface area contributed by atoms with E-state index in [1.165, 1.54) is 0 Å². The van der Waals surface area contributed by atoms with Crippen molar-refractivity contribution >= 4 is 5.97 Å². The van der Waals surface area contributed by atoms with E-state index < -0.39 is 5.97 Å². The van der Waals surface area contributed by atoms with Gasteiger partial charge in [0.05, 0.1) is 0 Å².